The molecule has 0 aromatic rings. The van der Waals surface area contributed by atoms with Crippen molar-refractivity contribution in [2.24, 2.45) is 16.8 Å². The van der Waals surface area contributed by atoms with Crippen LogP contribution in [-0.4, -0.2) is 78.9 Å². The number of hydrogen-bond donors (Lipinski definition) is 0. The molecule has 3 aliphatic rings. The van der Waals surface area contributed by atoms with Gasteiger partial charge in [-0.1, -0.05) is 6.42 Å². The van der Waals surface area contributed by atoms with Gasteiger partial charge in [0, 0.05) is 32.2 Å². The molecule has 28 heavy (non-hydrogen) atoms. The van der Waals surface area contributed by atoms with Crippen LogP contribution in [0.3, 0.4) is 0 Å². The van der Waals surface area contributed by atoms with E-state index in [0.717, 1.165) is 44.9 Å². The van der Waals surface area contributed by atoms with Crippen LogP contribution < -0.4 is 0 Å². The summed E-state index contributed by atoms with van der Waals surface area (Å²) >= 11 is 0. The van der Waals surface area contributed by atoms with Crippen LogP contribution in [0.5, 0.6) is 0 Å². The van der Waals surface area contributed by atoms with Gasteiger partial charge in [-0.2, -0.15) is 10.5 Å². The Hall–Kier alpha value is -1.63. The van der Waals surface area contributed by atoms with Gasteiger partial charge in [-0.15, -0.1) is 0 Å². The average Bonchev–Trinajstić information content (AvgIpc) is 3.14. The van der Waals surface area contributed by atoms with E-state index >= 15 is 0 Å². The number of nitriles is 2. The van der Waals surface area contributed by atoms with Crippen LogP contribution in [0.1, 0.15) is 51.9 Å². The second-order valence-corrected chi connectivity index (χ2v) is 8.75. The first-order chi connectivity index (χ1) is 13.7. The molecule has 0 amide bonds. The van der Waals surface area contributed by atoms with Crippen LogP contribution in [0.15, 0.2) is 4.99 Å². The number of aliphatic imine (C=N–C) groups is 1. The quantitative estimate of drug-likeness (QED) is 0.520. The summed E-state index contributed by atoms with van der Waals surface area (Å²) in [6.45, 7) is 10.6. The lowest BCUT2D eigenvalue weighted by Gasteiger charge is -2.37. The second-order valence-electron chi connectivity index (χ2n) is 8.75. The van der Waals surface area contributed by atoms with E-state index in [0.29, 0.717) is 18.4 Å². The van der Waals surface area contributed by atoms with Gasteiger partial charge in [0.1, 0.15) is 5.84 Å². The molecule has 0 bridgehead atoms. The highest BCUT2D eigenvalue weighted by molar-refractivity contribution is 5.89. The van der Waals surface area contributed by atoms with Crippen LogP contribution >= 0.6 is 0 Å². The van der Waals surface area contributed by atoms with Crippen LogP contribution in [0.4, 0.5) is 0 Å². The molecule has 3 heterocycles. The van der Waals surface area contributed by atoms with E-state index in [1.54, 1.807) is 0 Å². The molecule has 0 spiro atoms. The molecule has 0 aromatic heterocycles. The molecule has 0 radical (unpaired) electrons. The van der Waals surface area contributed by atoms with Crippen LogP contribution in [0.2, 0.25) is 0 Å². The SMILES string of the molecule is C[C@H]1CCCN1CCN=C(C(C#N)C#N)N1CCC(CN2CCCCC2)CC1. The maximum absolute atomic E-state index is 9.45. The van der Waals surface area contributed by atoms with Crippen molar-refractivity contribution in [1.29, 1.82) is 10.5 Å². The molecule has 0 aliphatic carbocycles. The molecule has 6 heteroatoms. The predicted octanol–water partition coefficient (Wildman–Crippen LogP) is 2.73. The molecule has 3 rings (SSSR count). The summed E-state index contributed by atoms with van der Waals surface area (Å²) in [6.07, 6.45) is 8.88. The topological polar surface area (TPSA) is 69.7 Å². The maximum atomic E-state index is 9.45. The molecule has 3 fully saturated rings. The Morgan fingerprint density at radius 2 is 1.68 bits per heavy atom. The van der Waals surface area contributed by atoms with Gasteiger partial charge < -0.3 is 9.80 Å². The molecule has 154 valence electrons. The van der Waals surface area contributed by atoms with Crippen molar-refractivity contribution in [3.63, 3.8) is 0 Å². The summed E-state index contributed by atoms with van der Waals surface area (Å²) < 4.78 is 0. The first kappa shape index (κ1) is 21.1. The van der Waals surface area contributed by atoms with Crippen molar-refractivity contribution < 1.29 is 0 Å². The lowest BCUT2D eigenvalue weighted by molar-refractivity contribution is 0.157. The van der Waals surface area contributed by atoms with E-state index in [9.17, 15) is 10.5 Å². The first-order valence-electron chi connectivity index (χ1n) is 11.3. The van der Waals surface area contributed by atoms with Gasteiger partial charge in [0.15, 0.2) is 5.92 Å². The standard InChI is InChI=1S/C22H36N6/c1-19-6-5-12-27(19)15-9-25-22(21(16-23)17-24)28-13-7-20(8-14-28)18-26-10-3-2-4-11-26/h19-21H,2-15,18H2,1H3/t19-/m0/s1. The fourth-order valence-corrected chi connectivity index (χ4v) is 4.99. The van der Waals surface area contributed by atoms with E-state index < -0.39 is 5.92 Å². The lowest BCUT2D eigenvalue weighted by atomic mass is 9.94. The maximum Gasteiger partial charge on any atom is 0.189 e. The Morgan fingerprint density at radius 1 is 0.964 bits per heavy atom. The van der Waals surface area contributed by atoms with Gasteiger partial charge >= 0.3 is 0 Å². The lowest BCUT2D eigenvalue weighted by Crippen LogP contribution is -2.44. The van der Waals surface area contributed by atoms with Gasteiger partial charge in [0.2, 0.25) is 0 Å². The monoisotopic (exact) mass is 384 g/mol. The molecule has 3 aliphatic heterocycles. The normalized spacial score (nSPS) is 25.8. The second kappa shape index (κ2) is 10.8. The van der Waals surface area contributed by atoms with E-state index in [2.05, 4.69) is 33.8 Å². The third-order valence-electron chi connectivity index (χ3n) is 6.77. The predicted molar refractivity (Wildman–Crippen MR) is 112 cm³/mol. The number of hydrogen-bond acceptors (Lipinski definition) is 5. The van der Waals surface area contributed by atoms with Crippen molar-refractivity contribution in [2.75, 3.05) is 52.4 Å². The van der Waals surface area contributed by atoms with E-state index in [1.165, 1.54) is 51.7 Å². The Labute approximate surface area is 170 Å². The number of likely N-dealkylation sites (tertiary alicyclic amines) is 3. The zero-order valence-electron chi connectivity index (χ0n) is 17.5. The highest BCUT2D eigenvalue weighted by atomic mass is 15.2. The fourth-order valence-electron chi connectivity index (χ4n) is 4.99. The van der Waals surface area contributed by atoms with Crippen molar-refractivity contribution >= 4 is 5.84 Å². The van der Waals surface area contributed by atoms with Crippen LogP contribution in [0.25, 0.3) is 0 Å². The number of piperidine rings is 2. The Bertz CT molecular complexity index is 575. The molecular formula is C22H36N6. The molecule has 3 saturated heterocycles. The minimum absolute atomic E-state index is 0.631. The van der Waals surface area contributed by atoms with E-state index in [1.807, 2.05) is 0 Å². The Morgan fingerprint density at radius 3 is 2.29 bits per heavy atom. The summed E-state index contributed by atoms with van der Waals surface area (Å²) in [4.78, 5) is 12.1. The number of nitrogens with zero attached hydrogens (tertiary/aromatic N) is 6. The molecule has 0 saturated carbocycles. The zero-order valence-corrected chi connectivity index (χ0v) is 17.5. The smallest absolute Gasteiger partial charge is 0.189 e. The fraction of sp³-hybridized carbons (Fsp3) is 0.864. The average molecular weight is 385 g/mol. The summed E-state index contributed by atoms with van der Waals surface area (Å²) in [6, 6.07) is 4.95. The van der Waals surface area contributed by atoms with Crippen molar-refractivity contribution in [3.8, 4) is 12.1 Å². The number of amidine groups is 1. The highest BCUT2D eigenvalue weighted by Crippen LogP contribution is 2.22. The largest absolute Gasteiger partial charge is 0.358 e. The Balaban J connectivity index is 1.53. The molecule has 0 N–H and O–H groups in total. The molecule has 6 nitrogen and oxygen atoms in total. The van der Waals surface area contributed by atoms with Crippen LogP contribution in [-0.2, 0) is 0 Å². The molecule has 1 atom stereocenters. The van der Waals surface area contributed by atoms with Gasteiger partial charge in [0.25, 0.3) is 0 Å². The van der Waals surface area contributed by atoms with Crippen molar-refractivity contribution in [3.05, 3.63) is 0 Å². The van der Waals surface area contributed by atoms with E-state index in [4.69, 9.17) is 4.99 Å². The molecule has 0 aromatic carbocycles. The zero-order chi connectivity index (χ0) is 19.8. The summed E-state index contributed by atoms with van der Waals surface area (Å²) in [5.74, 6) is 0.714. The van der Waals surface area contributed by atoms with Crippen LogP contribution in [0, 0.1) is 34.5 Å². The van der Waals surface area contributed by atoms with Gasteiger partial charge in [0.05, 0.1) is 18.7 Å². The number of rotatable bonds is 6. The summed E-state index contributed by atoms with van der Waals surface area (Å²) in [5.41, 5.74) is 0. The van der Waals surface area contributed by atoms with E-state index in [-0.39, 0.29) is 0 Å². The van der Waals surface area contributed by atoms with Crippen molar-refractivity contribution in [2.45, 2.75) is 57.9 Å². The third-order valence-corrected chi connectivity index (χ3v) is 6.77. The van der Waals surface area contributed by atoms with Gasteiger partial charge in [-0.25, -0.2) is 0 Å². The summed E-state index contributed by atoms with van der Waals surface area (Å²) in [7, 11) is 0. The highest BCUT2D eigenvalue weighted by Gasteiger charge is 2.28. The molecule has 0 unspecified atom stereocenters. The molecular weight excluding hydrogens is 348 g/mol. The minimum Gasteiger partial charge on any atom is -0.358 e. The Kier molecular flexibility index (Phi) is 8.13. The van der Waals surface area contributed by atoms with Gasteiger partial charge in [-0.05, 0) is 71.0 Å². The third kappa shape index (κ3) is 5.69. The van der Waals surface area contributed by atoms with Crippen molar-refractivity contribution in [1.82, 2.24) is 14.7 Å². The van der Waals surface area contributed by atoms with Gasteiger partial charge in [-0.3, -0.25) is 9.89 Å². The first-order valence-corrected chi connectivity index (χ1v) is 11.3. The minimum atomic E-state index is -0.741. The summed E-state index contributed by atoms with van der Waals surface area (Å²) in [5, 5.41) is 18.9.